The number of nitrogens with one attached hydrogen (secondary N) is 1. The first-order chi connectivity index (χ1) is 15.0. The highest BCUT2D eigenvalue weighted by Gasteiger charge is 2.14. The number of amides is 1. The van der Waals surface area contributed by atoms with Crippen molar-refractivity contribution in [3.05, 3.63) is 81.4 Å². The number of carbonyl (C=O) groups excluding carboxylic acids is 1. The molecular formula is C21H19ClN6O3. The van der Waals surface area contributed by atoms with Gasteiger partial charge >= 0.3 is 0 Å². The zero-order valence-electron chi connectivity index (χ0n) is 16.7. The number of benzene rings is 2. The first-order valence-electron chi connectivity index (χ1n) is 9.46. The maximum absolute atomic E-state index is 12.7. The number of fused-ring (bicyclic) bond motifs is 1. The summed E-state index contributed by atoms with van der Waals surface area (Å²) in [5, 5.41) is 11.4. The summed E-state index contributed by atoms with van der Waals surface area (Å²) in [4.78, 5) is 29.3. The van der Waals surface area contributed by atoms with Gasteiger partial charge in [0.2, 0.25) is 5.91 Å². The number of aromatic nitrogens is 5. The van der Waals surface area contributed by atoms with E-state index in [0.29, 0.717) is 23.8 Å². The van der Waals surface area contributed by atoms with Crippen molar-refractivity contribution in [3.63, 3.8) is 0 Å². The predicted molar refractivity (Wildman–Crippen MR) is 115 cm³/mol. The van der Waals surface area contributed by atoms with E-state index < -0.39 is 5.56 Å². The molecule has 2 aromatic carbocycles. The van der Waals surface area contributed by atoms with E-state index in [2.05, 4.69) is 20.6 Å². The van der Waals surface area contributed by atoms with Crippen molar-refractivity contribution in [2.45, 2.75) is 19.6 Å². The van der Waals surface area contributed by atoms with Crippen molar-refractivity contribution < 1.29 is 9.53 Å². The van der Waals surface area contributed by atoms with E-state index >= 15 is 0 Å². The average Bonchev–Trinajstić information content (AvgIpc) is 3.19. The molecule has 0 radical (unpaired) electrons. The molecule has 0 unspecified atom stereocenters. The van der Waals surface area contributed by atoms with E-state index in [1.54, 1.807) is 19.2 Å². The molecule has 0 atom stereocenters. The van der Waals surface area contributed by atoms with E-state index in [1.807, 2.05) is 36.4 Å². The summed E-state index contributed by atoms with van der Waals surface area (Å²) in [6.07, 6.45) is 1.33. The molecule has 0 spiro atoms. The Morgan fingerprint density at radius 1 is 1.16 bits per heavy atom. The number of hydrogen-bond donors (Lipinski definition) is 1. The molecule has 0 saturated heterocycles. The lowest BCUT2D eigenvalue weighted by Gasteiger charge is -2.08. The molecule has 9 nitrogen and oxygen atoms in total. The number of ether oxygens (including phenoxy) is 1. The molecule has 10 heteroatoms. The van der Waals surface area contributed by atoms with Gasteiger partial charge in [0.15, 0.2) is 11.2 Å². The Balaban J connectivity index is 1.47. The summed E-state index contributed by atoms with van der Waals surface area (Å²) in [6, 6.07) is 14.7. The van der Waals surface area contributed by atoms with Crippen LogP contribution in [0.5, 0.6) is 5.75 Å². The molecule has 0 aliphatic rings. The summed E-state index contributed by atoms with van der Waals surface area (Å²) in [5.41, 5.74) is 1.86. The molecule has 4 rings (SSSR count). The quantitative estimate of drug-likeness (QED) is 0.473. The largest absolute Gasteiger partial charge is 0.497 e. The van der Waals surface area contributed by atoms with Crippen LogP contribution < -0.4 is 15.6 Å². The summed E-state index contributed by atoms with van der Waals surface area (Å²) in [7, 11) is 1.60. The van der Waals surface area contributed by atoms with E-state index in [4.69, 9.17) is 16.3 Å². The Morgan fingerprint density at radius 2 is 1.97 bits per heavy atom. The van der Waals surface area contributed by atoms with E-state index in [9.17, 15) is 9.59 Å². The lowest BCUT2D eigenvalue weighted by atomic mass is 10.2. The minimum absolute atomic E-state index is 0.107. The number of nitrogens with zero attached hydrogens (tertiary/aromatic N) is 5. The molecule has 1 N–H and O–H groups in total. The van der Waals surface area contributed by atoms with Crippen molar-refractivity contribution in [1.29, 1.82) is 0 Å². The molecular weight excluding hydrogens is 420 g/mol. The second-order valence-electron chi connectivity index (χ2n) is 6.85. The Bertz CT molecular complexity index is 1280. The fourth-order valence-corrected chi connectivity index (χ4v) is 3.19. The van der Waals surface area contributed by atoms with Gasteiger partial charge in [-0.2, -0.15) is 0 Å². The lowest BCUT2D eigenvalue weighted by molar-refractivity contribution is -0.121. The third-order valence-corrected chi connectivity index (χ3v) is 4.93. The highest BCUT2D eigenvalue weighted by Crippen LogP contribution is 2.14. The molecule has 0 bridgehead atoms. The molecule has 158 valence electrons. The molecule has 0 fully saturated rings. The number of hydrogen-bond acceptors (Lipinski definition) is 6. The number of halogens is 1. The summed E-state index contributed by atoms with van der Waals surface area (Å²) < 4.78 is 7.98. The van der Waals surface area contributed by atoms with Crippen LogP contribution in [0.25, 0.3) is 11.2 Å². The molecule has 1 amide bonds. The van der Waals surface area contributed by atoms with E-state index in [0.717, 1.165) is 16.9 Å². The molecule has 31 heavy (non-hydrogen) atoms. The standard InChI is InChI=1S/C21H19ClN6O3/c1-31-17-4-2-3-15(9-17)11-28-20-19(25-26-28)21(30)27(13-24-20)12-18(29)23-10-14-5-7-16(22)8-6-14/h2-9,13H,10-12H2,1H3,(H,23,29). The van der Waals surface area contributed by atoms with Crippen LogP contribution in [0.15, 0.2) is 59.7 Å². The summed E-state index contributed by atoms with van der Waals surface area (Å²) in [5.74, 6) is 0.406. The Morgan fingerprint density at radius 3 is 2.74 bits per heavy atom. The zero-order chi connectivity index (χ0) is 21.8. The Hall–Kier alpha value is -3.72. The van der Waals surface area contributed by atoms with Gasteiger partial charge in [-0.3, -0.25) is 14.2 Å². The van der Waals surface area contributed by atoms with Gasteiger partial charge in [0, 0.05) is 11.6 Å². The van der Waals surface area contributed by atoms with Crippen molar-refractivity contribution in [1.82, 2.24) is 29.9 Å². The van der Waals surface area contributed by atoms with Gasteiger partial charge in [-0.05, 0) is 35.4 Å². The molecule has 0 aliphatic heterocycles. The number of methoxy groups -OCH3 is 1. The van der Waals surface area contributed by atoms with Gasteiger partial charge in [-0.1, -0.05) is 41.1 Å². The van der Waals surface area contributed by atoms with E-state index in [-0.39, 0.29) is 18.0 Å². The van der Waals surface area contributed by atoms with Crippen LogP contribution in [0, 0.1) is 0 Å². The van der Waals surface area contributed by atoms with Crippen LogP contribution in [-0.4, -0.2) is 37.6 Å². The molecule has 2 aromatic heterocycles. The number of rotatable bonds is 7. The van der Waals surface area contributed by atoms with Crippen LogP contribution >= 0.6 is 11.6 Å². The molecule has 0 aliphatic carbocycles. The SMILES string of the molecule is COc1cccc(Cn2nnc3c(=O)n(CC(=O)NCc4ccc(Cl)cc4)cnc32)c1. The van der Waals surface area contributed by atoms with Crippen LogP contribution in [0.4, 0.5) is 0 Å². The van der Waals surface area contributed by atoms with Crippen LogP contribution in [-0.2, 0) is 24.4 Å². The van der Waals surface area contributed by atoms with Gasteiger partial charge in [-0.15, -0.1) is 5.10 Å². The first kappa shape index (κ1) is 20.5. The number of carbonyl (C=O) groups is 1. The van der Waals surface area contributed by atoms with Crippen molar-refractivity contribution in [3.8, 4) is 5.75 Å². The Labute approximate surface area is 182 Å². The molecule has 2 heterocycles. The minimum atomic E-state index is -0.427. The van der Waals surface area contributed by atoms with Crippen LogP contribution in [0.2, 0.25) is 5.02 Å². The maximum atomic E-state index is 12.7. The molecule has 4 aromatic rings. The fraction of sp³-hybridized carbons (Fsp3) is 0.190. The van der Waals surface area contributed by atoms with Crippen LogP contribution in [0.1, 0.15) is 11.1 Å². The summed E-state index contributed by atoms with van der Waals surface area (Å²) in [6.45, 7) is 0.543. The average molecular weight is 439 g/mol. The second-order valence-corrected chi connectivity index (χ2v) is 7.29. The van der Waals surface area contributed by atoms with Crippen molar-refractivity contribution in [2.75, 3.05) is 7.11 Å². The Kier molecular flexibility index (Phi) is 5.94. The predicted octanol–water partition coefficient (Wildman–Crippen LogP) is 2.01. The fourth-order valence-electron chi connectivity index (χ4n) is 3.06. The summed E-state index contributed by atoms with van der Waals surface area (Å²) >= 11 is 5.86. The van der Waals surface area contributed by atoms with Crippen molar-refractivity contribution in [2.24, 2.45) is 0 Å². The van der Waals surface area contributed by atoms with Gasteiger partial charge < -0.3 is 10.1 Å². The van der Waals surface area contributed by atoms with Crippen molar-refractivity contribution >= 4 is 28.7 Å². The topological polar surface area (TPSA) is 104 Å². The molecule has 0 saturated carbocycles. The zero-order valence-corrected chi connectivity index (χ0v) is 17.4. The monoisotopic (exact) mass is 438 g/mol. The maximum Gasteiger partial charge on any atom is 0.283 e. The second kappa shape index (κ2) is 8.97. The third kappa shape index (κ3) is 4.72. The van der Waals surface area contributed by atoms with E-state index in [1.165, 1.54) is 15.6 Å². The van der Waals surface area contributed by atoms with Crippen LogP contribution in [0.3, 0.4) is 0 Å². The third-order valence-electron chi connectivity index (χ3n) is 4.68. The van der Waals surface area contributed by atoms with Gasteiger partial charge in [0.1, 0.15) is 18.6 Å². The normalized spacial score (nSPS) is 10.9. The highest BCUT2D eigenvalue weighted by molar-refractivity contribution is 6.30. The highest BCUT2D eigenvalue weighted by atomic mass is 35.5. The van der Waals surface area contributed by atoms with Gasteiger partial charge in [-0.25, -0.2) is 9.67 Å². The van der Waals surface area contributed by atoms with Gasteiger partial charge in [0.05, 0.1) is 13.7 Å². The minimum Gasteiger partial charge on any atom is -0.497 e. The first-order valence-corrected chi connectivity index (χ1v) is 9.84. The van der Waals surface area contributed by atoms with Gasteiger partial charge in [0.25, 0.3) is 5.56 Å². The lowest BCUT2D eigenvalue weighted by Crippen LogP contribution is -2.32. The smallest absolute Gasteiger partial charge is 0.283 e.